The molecule has 0 saturated heterocycles. The Labute approximate surface area is 138 Å². The average Bonchev–Trinajstić information content (AvgIpc) is 2.52. The first-order chi connectivity index (χ1) is 11.6. The minimum absolute atomic E-state index is 0.0643. The predicted molar refractivity (Wildman–Crippen MR) is 82.1 cm³/mol. The van der Waals surface area contributed by atoms with Crippen LogP contribution in [0.25, 0.3) is 21.9 Å². The van der Waals surface area contributed by atoms with Crippen LogP contribution in [-0.2, 0) is 10.1 Å². The second-order valence-corrected chi connectivity index (χ2v) is 6.47. The van der Waals surface area contributed by atoms with E-state index in [-0.39, 0.29) is 21.9 Å². The van der Waals surface area contributed by atoms with Gasteiger partial charge in [-0.05, 0) is 24.3 Å². The van der Waals surface area contributed by atoms with Gasteiger partial charge in [0.2, 0.25) is 5.43 Å². The van der Waals surface area contributed by atoms with Gasteiger partial charge in [0.05, 0.1) is 17.9 Å². The number of benzene rings is 2. The number of halogens is 3. The van der Waals surface area contributed by atoms with Gasteiger partial charge in [-0.3, -0.25) is 4.79 Å². The Morgan fingerprint density at radius 3 is 2.00 bits per heavy atom. The summed E-state index contributed by atoms with van der Waals surface area (Å²) in [6.45, 7) is 0. The smallest absolute Gasteiger partial charge is 0.497 e. The summed E-state index contributed by atoms with van der Waals surface area (Å²) >= 11 is 0. The van der Waals surface area contributed by atoms with E-state index in [1.807, 2.05) is 0 Å². The van der Waals surface area contributed by atoms with Gasteiger partial charge >= 0.3 is 15.6 Å². The molecule has 1 aromatic heterocycles. The molecule has 0 unspecified atom stereocenters. The maximum atomic E-state index is 12.4. The summed E-state index contributed by atoms with van der Waals surface area (Å²) in [7, 11) is -4.41. The highest BCUT2D eigenvalue weighted by molar-refractivity contribution is 7.88. The van der Waals surface area contributed by atoms with Crippen molar-refractivity contribution in [3.8, 4) is 11.5 Å². The summed E-state index contributed by atoms with van der Waals surface area (Å²) in [5, 5.41) is 0.305. The summed E-state index contributed by atoms with van der Waals surface area (Å²) in [4.78, 5) is 12.4. The summed E-state index contributed by atoms with van der Waals surface area (Å²) in [6, 6.07) is 7.44. The van der Waals surface area contributed by atoms with Crippen LogP contribution >= 0.6 is 0 Å². The lowest BCUT2D eigenvalue weighted by molar-refractivity contribution is -0.0500. The quantitative estimate of drug-likeness (QED) is 0.398. The summed E-state index contributed by atoms with van der Waals surface area (Å²) in [5.74, 6) is -0.225. The molecule has 0 radical (unpaired) electrons. The molecular weight excluding hydrogens is 365 g/mol. The molecule has 2 aromatic carbocycles. The van der Waals surface area contributed by atoms with Gasteiger partial charge in [-0.1, -0.05) is 0 Å². The van der Waals surface area contributed by atoms with Gasteiger partial charge in [-0.2, -0.15) is 21.6 Å². The van der Waals surface area contributed by atoms with Gasteiger partial charge in [0.1, 0.15) is 22.7 Å². The first-order valence-electron chi connectivity index (χ1n) is 6.68. The van der Waals surface area contributed by atoms with Crippen LogP contribution in [0.2, 0.25) is 0 Å². The van der Waals surface area contributed by atoms with E-state index < -0.39 is 26.8 Å². The number of methoxy groups -OCH3 is 1. The Morgan fingerprint density at radius 2 is 1.48 bits per heavy atom. The molecule has 0 amide bonds. The van der Waals surface area contributed by atoms with Crippen molar-refractivity contribution in [1.29, 1.82) is 0 Å². The molecule has 0 aliphatic heterocycles. The maximum Gasteiger partial charge on any atom is 0.534 e. The van der Waals surface area contributed by atoms with Gasteiger partial charge in [0.25, 0.3) is 0 Å². The van der Waals surface area contributed by atoms with Crippen LogP contribution in [0.1, 0.15) is 0 Å². The molecule has 0 fully saturated rings. The molecule has 132 valence electrons. The molecule has 0 N–H and O–H groups in total. The molecular formula is C15H9F3O6S. The zero-order valence-corrected chi connectivity index (χ0v) is 13.3. The van der Waals surface area contributed by atoms with Crippen LogP contribution in [0, 0.1) is 0 Å². The third-order valence-electron chi connectivity index (χ3n) is 3.34. The van der Waals surface area contributed by atoms with Crippen molar-refractivity contribution < 1.29 is 34.9 Å². The van der Waals surface area contributed by atoms with Crippen LogP contribution in [-0.4, -0.2) is 21.0 Å². The standard InChI is InChI=1S/C15H9F3O6S/c1-22-8-2-4-10-12(6-8)23-13-7-9(3-5-11(13)14(10)19)24-25(20,21)15(16,17)18/h2-7H,1H3. The number of fused-ring (bicyclic) bond motifs is 2. The Hall–Kier alpha value is -2.75. The Morgan fingerprint density at radius 1 is 0.960 bits per heavy atom. The fourth-order valence-electron chi connectivity index (χ4n) is 2.17. The highest BCUT2D eigenvalue weighted by Crippen LogP contribution is 2.29. The van der Waals surface area contributed by atoms with Gasteiger partial charge in [-0.15, -0.1) is 0 Å². The number of ether oxygens (including phenoxy) is 1. The summed E-state index contributed by atoms with van der Waals surface area (Å²) in [6.07, 6.45) is 0. The van der Waals surface area contributed by atoms with E-state index in [0.29, 0.717) is 5.75 Å². The molecule has 1 heterocycles. The maximum absolute atomic E-state index is 12.4. The lowest BCUT2D eigenvalue weighted by Crippen LogP contribution is -2.28. The molecule has 0 bridgehead atoms. The SMILES string of the molecule is COc1ccc2c(=O)c3ccc(OS(=O)(=O)C(F)(F)F)cc3oc2c1. The van der Waals surface area contributed by atoms with Crippen molar-refractivity contribution in [1.82, 2.24) is 0 Å². The predicted octanol–water partition coefficient (Wildman–Crippen LogP) is 3.18. The fourth-order valence-corrected chi connectivity index (χ4v) is 2.62. The van der Waals surface area contributed by atoms with Gasteiger partial charge in [0.15, 0.2) is 0 Å². The molecule has 3 aromatic rings. The van der Waals surface area contributed by atoms with Crippen molar-refractivity contribution >= 4 is 32.1 Å². The van der Waals surface area contributed by atoms with Crippen molar-refractivity contribution in [3.05, 3.63) is 46.6 Å². The normalized spacial score (nSPS) is 12.5. The third kappa shape index (κ3) is 3.00. The van der Waals surface area contributed by atoms with E-state index in [1.165, 1.54) is 19.2 Å². The Kier molecular flexibility index (Phi) is 3.87. The topological polar surface area (TPSA) is 82.8 Å². The number of hydrogen-bond donors (Lipinski definition) is 0. The number of hydrogen-bond acceptors (Lipinski definition) is 6. The first kappa shape index (κ1) is 17.1. The van der Waals surface area contributed by atoms with E-state index in [9.17, 15) is 26.4 Å². The van der Waals surface area contributed by atoms with Crippen molar-refractivity contribution in [2.45, 2.75) is 5.51 Å². The monoisotopic (exact) mass is 374 g/mol. The number of alkyl halides is 3. The van der Waals surface area contributed by atoms with E-state index >= 15 is 0 Å². The van der Waals surface area contributed by atoms with Crippen LogP contribution < -0.4 is 14.3 Å². The zero-order valence-electron chi connectivity index (χ0n) is 12.5. The lowest BCUT2D eigenvalue weighted by Gasteiger charge is -2.10. The largest absolute Gasteiger partial charge is 0.534 e. The highest BCUT2D eigenvalue weighted by atomic mass is 32.2. The van der Waals surface area contributed by atoms with E-state index in [4.69, 9.17) is 9.15 Å². The van der Waals surface area contributed by atoms with Gasteiger partial charge in [-0.25, -0.2) is 0 Å². The second kappa shape index (κ2) is 5.66. The first-order valence-corrected chi connectivity index (χ1v) is 8.08. The molecule has 6 nitrogen and oxygen atoms in total. The van der Waals surface area contributed by atoms with Crippen LogP contribution in [0.5, 0.6) is 11.5 Å². The Bertz CT molecular complexity index is 1130. The number of rotatable bonds is 3. The zero-order chi connectivity index (χ0) is 18.4. The van der Waals surface area contributed by atoms with Crippen molar-refractivity contribution in [2.24, 2.45) is 0 Å². The summed E-state index contributed by atoms with van der Waals surface area (Å²) < 4.78 is 73.8. The van der Waals surface area contributed by atoms with Crippen LogP contribution in [0.15, 0.2) is 45.6 Å². The molecule has 25 heavy (non-hydrogen) atoms. The fraction of sp³-hybridized carbons (Fsp3) is 0.133. The van der Waals surface area contributed by atoms with Crippen LogP contribution in [0.4, 0.5) is 13.2 Å². The average molecular weight is 374 g/mol. The summed E-state index contributed by atoms with van der Waals surface area (Å²) in [5.41, 5.74) is -5.99. The molecule has 3 rings (SSSR count). The van der Waals surface area contributed by atoms with Crippen molar-refractivity contribution in [3.63, 3.8) is 0 Å². The molecule has 0 atom stereocenters. The molecule has 0 saturated carbocycles. The van der Waals surface area contributed by atoms with E-state index in [0.717, 1.165) is 18.2 Å². The minimum atomic E-state index is -5.82. The van der Waals surface area contributed by atoms with Gasteiger partial charge in [0, 0.05) is 12.1 Å². The lowest BCUT2D eigenvalue weighted by atomic mass is 10.1. The highest BCUT2D eigenvalue weighted by Gasteiger charge is 2.48. The molecule has 0 aliphatic carbocycles. The van der Waals surface area contributed by atoms with E-state index in [1.54, 1.807) is 6.07 Å². The minimum Gasteiger partial charge on any atom is -0.497 e. The van der Waals surface area contributed by atoms with Crippen LogP contribution in [0.3, 0.4) is 0 Å². The molecule has 10 heteroatoms. The molecule has 0 spiro atoms. The van der Waals surface area contributed by atoms with Crippen molar-refractivity contribution in [2.75, 3.05) is 7.11 Å². The molecule has 0 aliphatic rings. The Balaban J connectivity index is 2.17. The van der Waals surface area contributed by atoms with E-state index in [2.05, 4.69) is 4.18 Å². The van der Waals surface area contributed by atoms with Gasteiger partial charge < -0.3 is 13.3 Å². The second-order valence-electron chi connectivity index (χ2n) is 4.93. The third-order valence-corrected chi connectivity index (χ3v) is 4.32.